The lowest BCUT2D eigenvalue weighted by Crippen LogP contribution is -2.23. The van der Waals surface area contributed by atoms with Gasteiger partial charge in [-0.05, 0) is 32.5 Å². The van der Waals surface area contributed by atoms with Crippen LogP contribution in [0.1, 0.15) is 158 Å². The lowest BCUT2D eigenvalue weighted by molar-refractivity contribution is 0.357. The Bertz CT molecular complexity index is 1290. The minimum atomic E-state index is -2.62. The number of para-hydroxylation sites is 3. The van der Waals surface area contributed by atoms with Gasteiger partial charge < -0.3 is 28.3 Å². The number of hydrogen-bond donors (Lipinski definition) is 3. The molecule has 3 aromatic carbocycles. The summed E-state index contributed by atoms with van der Waals surface area (Å²) >= 11 is 0. The van der Waals surface area contributed by atoms with Crippen LogP contribution in [0, 0.1) is 0 Å². The fraction of sp³-hybridized carbons (Fsp3) is 0.571. The molecule has 0 saturated carbocycles. The predicted octanol–water partition coefficient (Wildman–Crippen LogP) is 12.4. The van der Waals surface area contributed by atoms with Crippen molar-refractivity contribution >= 4 is 17.2 Å². The highest BCUT2D eigenvalue weighted by molar-refractivity contribution is 7.43. The number of benzene rings is 3. The average Bonchev–Trinajstić information content (AvgIpc) is 2.89. The summed E-state index contributed by atoms with van der Waals surface area (Å²) < 4.78 is 21.7. The number of hydrogen-bond acceptors (Lipinski definition) is 6. The topological polar surface area (TPSA) is 88.4 Å². The minimum Gasteiger partial charge on any atom is -0.408 e. The van der Waals surface area contributed by atoms with Crippen molar-refractivity contribution < 1.29 is 28.3 Å². The van der Waals surface area contributed by atoms with Crippen molar-refractivity contribution in [3.05, 3.63) is 88.0 Å². The summed E-state index contributed by atoms with van der Waals surface area (Å²) in [5.74, 6) is 2.55. The first kappa shape index (κ1) is 44.0. The van der Waals surface area contributed by atoms with E-state index in [1.54, 1.807) is 0 Å². The fourth-order valence-corrected chi connectivity index (χ4v) is 6.88. The van der Waals surface area contributed by atoms with Crippen LogP contribution in [0.25, 0.3) is 0 Å². The Kier molecular flexibility index (Phi) is 13.9. The molecule has 0 atom stereocenters. The summed E-state index contributed by atoms with van der Waals surface area (Å²) in [4.78, 5) is 21.7. The molecule has 3 rings (SSSR count). The molecule has 0 unspecified atom stereocenters. The van der Waals surface area contributed by atoms with Gasteiger partial charge in [-0.2, -0.15) is 0 Å². The van der Waals surface area contributed by atoms with Crippen molar-refractivity contribution in [1.82, 2.24) is 0 Å². The molecular formula is C42H66O6P2. The van der Waals surface area contributed by atoms with Crippen molar-refractivity contribution in [3.8, 4) is 17.2 Å². The van der Waals surface area contributed by atoms with Gasteiger partial charge >= 0.3 is 17.2 Å². The Balaban J connectivity index is 0.00000205. The molecular weight excluding hydrogens is 662 g/mol. The van der Waals surface area contributed by atoms with E-state index in [0.29, 0.717) is 0 Å². The molecule has 0 bridgehead atoms. The van der Waals surface area contributed by atoms with Crippen LogP contribution in [0.5, 0.6) is 17.2 Å². The van der Waals surface area contributed by atoms with E-state index >= 15 is 0 Å². The monoisotopic (exact) mass is 728 g/mol. The van der Waals surface area contributed by atoms with Gasteiger partial charge in [-0.25, -0.2) is 0 Å². The Morgan fingerprint density at radius 1 is 0.340 bits per heavy atom. The zero-order valence-electron chi connectivity index (χ0n) is 34.2. The molecule has 6 nitrogen and oxygen atoms in total. The molecule has 0 aliphatic rings. The second-order valence-corrected chi connectivity index (χ2v) is 20.8. The molecule has 0 aromatic heterocycles. The third kappa shape index (κ3) is 11.9. The van der Waals surface area contributed by atoms with Gasteiger partial charge in [-0.3, -0.25) is 0 Å². The quantitative estimate of drug-likeness (QED) is 0.219. The van der Waals surface area contributed by atoms with Crippen molar-refractivity contribution in [2.45, 2.75) is 157 Å². The molecule has 280 valence electrons. The molecule has 0 saturated heterocycles. The Morgan fingerprint density at radius 3 is 0.600 bits per heavy atom. The molecule has 3 aromatic rings. The highest BCUT2D eigenvalue weighted by Crippen LogP contribution is 2.54. The first-order chi connectivity index (χ1) is 22.4. The summed E-state index contributed by atoms with van der Waals surface area (Å²) in [5, 5.41) is 0. The third-order valence-corrected chi connectivity index (χ3v) is 9.39. The Morgan fingerprint density at radius 2 is 0.480 bits per heavy atom. The normalized spacial score (nSPS) is 13.3. The zero-order chi connectivity index (χ0) is 38.8. The highest BCUT2D eigenvalue weighted by atomic mass is 31.2. The van der Waals surface area contributed by atoms with Gasteiger partial charge in [-0.15, -0.1) is 0 Å². The number of rotatable bonds is 6. The van der Waals surface area contributed by atoms with Crippen LogP contribution in [0.2, 0.25) is 0 Å². The standard InChI is InChI=1S/C42H63O3P.H3O3P/c1-37(2,3)28-22-19-23-29(38(4,5)6)34(28)43-46(44-35-30(39(7,8)9)24-20-25-31(35)40(10,11)12)45-36-32(41(13,14)15)26-21-27-33(36)42(16,17)18;1-4(2)3/h19-27H,1-18H3;1-3H. The van der Waals surface area contributed by atoms with Gasteiger partial charge in [0.2, 0.25) is 0 Å². The Hall–Kier alpha value is -2.20. The summed E-state index contributed by atoms with van der Waals surface area (Å²) in [6, 6.07) is 19.6. The predicted molar refractivity (Wildman–Crippen MR) is 214 cm³/mol. The zero-order valence-corrected chi connectivity index (χ0v) is 35.9. The van der Waals surface area contributed by atoms with E-state index in [0.717, 1.165) is 50.6 Å². The molecule has 8 heteroatoms. The molecule has 50 heavy (non-hydrogen) atoms. The third-order valence-electron chi connectivity index (χ3n) is 8.39. The molecule has 0 spiro atoms. The van der Waals surface area contributed by atoms with Crippen molar-refractivity contribution in [1.29, 1.82) is 0 Å². The first-order valence-corrected chi connectivity index (χ1v) is 19.8. The van der Waals surface area contributed by atoms with Crippen LogP contribution in [-0.4, -0.2) is 14.7 Å². The van der Waals surface area contributed by atoms with Crippen LogP contribution < -0.4 is 13.6 Å². The van der Waals surface area contributed by atoms with E-state index in [9.17, 15) is 0 Å². The molecule has 0 aliphatic heterocycles. The molecule has 0 fully saturated rings. The fourth-order valence-electron chi connectivity index (χ4n) is 5.73. The maximum atomic E-state index is 7.23. The summed E-state index contributed by atoms with van der Waals surface area (Å²) in [7, 11) is -4.59. The lowest BCUT2D eigenvalue weighted by atomic mass is 9.79. The smallest absolute Gasteiger partial charge is 0.408 e. The van der Waals surface area contributed by atoms with Gasteiger partial charge in [0.1, 0.15) is 17.2 Å². The largest absolute Gasteiger partial charge is 0.530 e. The summed E-state index contributed by atoms with van der Waals surface area (Å²) in [6.07, 6.45) is 0. The van der Waals surface area contributed by atoms with Crippen LogP contribution in [-0.2, 0) is 32.5 Å². The molecule has 0 amide bonds. The van der Waals surface area contributed by atoms with E-state index in [1.807, 2.05) is 0 Å². The first-order valence-electron chi connectivity index (χ1n) is 17.5. The van der Waals surface area contributed by atoms with Crippen LogP contribution >= 0.6 is 17.2 Å². The van der Waals surface area contributed by atoms with Gasteiger partial charge in [0.05, 0.1) is 0 Å². The summed E-state index contributed by atoms with van der Waals surface area (Å²) in [5.41, 5.74) is 5.90. The second-order valence-electron chi connectivity index (χ2n) is 19.3. The van der Waals surface area contributed by atoms with Crippen molar-refractivity contribution in [3.63, 3.8) is 0 Å². The maximum absolute atomic E-state index is 7.23. The van der Waals surface area contributed by atoms with Crippen LogP contribution in [0.15, 0.2) is 54.6 Å². The van der Waals surface area contributed by atoms with Crippen molar-refractivity contribution in [2.75, 3.05) is 0 Å². The highest BCUT2D eigenvalue weighted by Gasteiger charge is 2.37. The van der Waals surface area contributed by atoms with E-state index < -0.39 is 17.2 Å². The lowest BCUT2D eigenvalue weighted by Gasteiger charge is -2.34. The van der Waals surface area contributed by atoms with Crippen molar-refractivity contribution in [2.24, 2.45) is 0 Å². The molecule has 0 aliphatic carbocycles. The second kappa shape index (κ2) is 15.8. The molecule has 0 heterocycles. The molecule has 0 radical (unpaired) electrons. The van der Waals surface area contributed by atoms with Gasteiger partial charge in [-0.1, -0.05) is 179 Å². The minimum absolute atomic E-state index is 0.155. The van der Waals surface area contributed by atoms with E-state index in [4.69, 9.17) is 28.3 Å². The van der Waals surface area contributed by atoms with Gasteiger partial charge in [0, 0.05) is 33.4 Å². The van der Waals surface area contributed by atoms with Crippen LogP contribution in [0.4, 0.5) is 0 Å². The van der Waals surface area contributed by atoms with E-state index in [-0.39, 0.29) is 32.5 Å². The van der Waals surface area contributed by atoms with Gasteiger partial charge in [0.25, 0.3) is 0 Å². The van der Waals surface area contributed by atoms with E-state index in [1.165, 1.54) is 0 Å². The maximum Gasteiger partial charge on any atom is 0.530 e. The summed E-state index contributed by atoms with van der Waals surface area (Å²) in [6.45, 7) is 40.3. The van der Waals surface area contributed by atoms with Gasteiger partial charge in [0.15, 0.2) is 0 Å². The average molecular weight is 729 g/mol. The molecule has 3 N–H and O–H groups in total. The Labute approximate surface area is 307 Å². The van der Waals surface area contributed by atoms with E-state index in [2.05, 4.69) is 179 Å². The van der Waals surface area contributed by atoms with Crippen LogP contribution in [0.3, 0.4) is 0 Å². The SMILES string of the molecule is CC(C)(C)c1cccc(C(C)(C)C)c1OP(Oc1c(C(C)(C)C)cccc1C(C)(C)C)Oc1c(C(C)(C)C)cccc1C(C)(C)C.OP(O)O.